The van der Waals surface area contributed by atoms with E-state index in [1.54, 1.807) is 6.20 Å². The van der Waals surface area contributed by atoms with E-state index in [0.29, 0.717) is 5.92 Å². The van der Waals surface area contributed by atoms with Crippen LogP contribution in [0.1, 0.15) is 37.3 Å². The molecule has 1 unspecified atom stereocenters. The zero-order valence-corrected chi connectivity index (χ0v) is 8.19. The van der Waals surface area contributed by atoms with Crippen LogP contribution in [0.2, 0.25) is 0 Å². The first-order valence-corrected chi connectivity index (χ1v) is 5.22. The van der Waals surface area contributed by atoms with Crippen LogP contribution in [0.25, 0.3) is 0 Å². The highest BCUT2D eigenvalue weighted by atomic mass is 14.7. The highest BCUT2D eigenvalue weighted by molar-refractivity contribution is 5.18. The van der Waals surface area contributed by atoms with Crippen molar-refractivity contribution in [3.05, 3.63) is 30.1 Å². The van der Waals surface area contributed by atoms with Crippen LogP contribution in [0.4, 0.5) is 0 Å². The van der Waals surface area contributed by atoms with Crippen molar-refractivity contribution < 1.29 is 0 Å². The zero-order valence-electron chi connectivity index (χ0n) is 8.19. The Morgan fingerprint density at radius 1 is 1.36 bits per heavy atom. The van der Waals surface area contributed by atoms with Crippen molar-refractivity contribution in [2.24, 2.45) is 5.92 Å². The van der Waals surface area contributed by atoms with E-state index in [-0.39, 0.29) is 5.92 Å². The zero-order chi connectivity index (χ0) is 9.80. The van der Waals surface area contributed by atoms with Gasteiger partial charge in [-0.1, -0.05) is 18.9 Å². The molecule has 1 fully saturated rings. The van der Waals surface area contributed by atoms with Gasteiger partial charge in [-0.2, -0.15) is 5.26 Å². The Morgan fingerprint density at radius 2 is 2.14 bits per heavy atom. The third kappa shape index (κ3) is 1.77. The van der Waals surface area contributed by atoms with Gasteiger partial charge in [-0.05, 0) is 30.9 Å². The summed E-state index contributed by atoms with van der Waals surface area (Å²) >= 11 is 0. The number of nitrogens with zero attached hydrogens (tertiary/aromatic N) is 2. The number of nitriles is 1. The Balaban J connectivity index is 2.18. The summed E-state index contributed by atoms with van der Waals surface area (Å²) in [7, 11) is 0. The molecule has 0 aromatic carbocycles. The van der Waals surface area contributed by atoms with Gasteiger partial charge in [0.15, 0.2) is 0 Å². The molecule has 2 rings (SSSR count). The molecule has 1 aliphatic rings. The summed E-state index contributed by atoms with van der Waals surface area (Å²) in [6, 6.07) is 8.22. The van der Waals surface area contributed by atoms with Crippen LogP contribution in [0.15, 0.2) is 24.4 Å². The Kier molecular flexibility index (Phi) is 2.78. The summed E-state index contributed by atoms with van der Waals surface area (Å²) in [5.41, 5.74) is 0.946. The monoisotopic (exact) mass is 186 g/mol. The standard InChI is InChI=1S/C12H14N2/c13-9-11(10-5-1-2-6-10)12-7-3-4-8-14-12/h3-4,7-8,10-11H,1-2,5-6H2. The first kappa shape index (κ1) is 9.21. The highest BCUT2D eigenvalue weighted by Gasteiger charge is 2.26. The molecule has 14 heavy (non-hydrogen) atoms. The number of hydrogen-bond acceptors (Lipinski definition) is 2. The molecule has 0 spiro atoms. The molecular weight excluding hydrogens is 172 g/mol. The first-order valence-electron chi connectivity index (χ1n) is 5.22. The maximum Gasteiger partial charge on any atom is 0.0912 e. The first-order chi connectivity index (χ1) is 6.92. The summed E-state index contributed by atoms with van der Waals surface area (Å²) < 4.78 is 0. The molecule has 1 saturated carbocycles. The van der Waals surface area contributed by atoms with Crippen molar-refractivity contribution >= 4 is 0 Å². The second-order valence-electron chi connectivity index (χ2n) is 3.91. The van der Waals surface area contributed by atoms with Gasteiger partial charge in [-0.3, -0.25) is 4.98 Å². The van der Waals surface area contributed by atoms with Crippen LogP contribution >= 0.6 is 0 Å². The molecule has 2 heteroatoms. The van der Waals surface area contributed by atoms with E-state index in [4.69, 9.17) is 5.26 Å². The topological polar surface area (TPSA) is 36.7 Å². The van der Waals surface area contributed by atoms with Crippen LogP contribution < -0.4 is 0 Å². The Hall–Kier alpha value is -1.36. The SMILES string of the molecule is N#CC(c1ccccn1)C1CCCC1. The van der Waals surface area contributed by atoms with Crippen LogP contribution in [-0.2, 0) is 0 Å². The Bertz CT molecular complexity index is 320. The van der Waals surface area contributed by atoms with Crippen molar-refractivity contribution in [2.45, 2.75) is 31.6 Å². The fourth-order valence-corrected chi connectivity index (χ4v) is 2.26. The van der Waals surface area contributed by atoms with Gasteiger partial charge in [-0.15, -0.1) is 0 Å². The number of hydrogen-bond donors (Lipinski definition) is 0. The molecule has 1 aliphatic carbocycles. The fraction of sp³-hybridized carbons (Fsp3) is 0.500. The maximum atomic E-state index is 9.15. The highest BCUT2D eigenvalue weighted by Crippen LogP contribution is 2.35. The second-order valence-corrected chi connectivity index (χ2v) is 3.91. The lowest BCUT2D eigenvalue weighted by molar-refractivity contribution is 0.493. The van der Waals surface area contributed by atoms with Crippen molar-refractivity contribution in [3.63, 3.8) is 0 Å². The molecule has 0 aliphatic heterocycles. The molecule has 0 N–H and O–H groups in total. The molecule has 0 amide bonds. The van der Waals surface area contributed by atoms with E-state index in [1.165, 1.54) is 25.7 Å². The Morgan fingerprint density at radius 3 is 2.71 bits per heavy atom. The largest absolute Gasteiger partial charge is 0.260 e. The van der Waals surface area contributed by atoms with E-state index < -0.39 is 0 Å². The third-order valence-electron chi connectivity index (χ3n) is 3.02. The molecule has 0 radical (unpaired) electrons. The van der Waals surface area contributed by atoms with Crippen molar-refractivity contribution in [3.8, 4) is 6.07 Å². The molecule has 1 aromatic heterocycles. The van der Waals surface area contributed by atoms with Crippen LogP contribution in [0.3, 0.4) is 0 Å². The van der Waals surface area contributed by atoms with Gasteiger partial charge in [0.25, 0.3) is 0 Å². The summed E-state index contributed by atoms with van der Waals surface area (Å²) in [4.78, 5) is 4.27. The smallest absolute Gasteiger partial charge is 0.0912 e. The second kappa shape index (κ2) is 4.23. The maximum absolute atomic E-state index is 9.15. The van der Waals surface area contributed by atoms with E-state index >= 15 is 0 Å². The minimum absolute atomic E-state index is 0.0127. The molecule has 1 aromatic rings. The predicted molar refractivity (Wildman–Crippen MR) is 54.5 cm³/mol. The van der Waals surface area contributed by atoms with Crippen molar-refractivity contribution in [2.75, 3.05) is 0 Å². The lowest BCUT2D eigenvalue weighted by atomic mass is 9.89. The van der Waals surface area contributed by atoms with Gasteiger partial charge in [0.1, 0.15) is 0 Å². The number of aromatic nitrogens is 1. The molecule has 72 valence electrons. The molecule has 1 heterocycles. The van der Waals surface area contributed by atoms with Gasteiger partial charge >= 0.3 is 0 Å². The van der Waals surface area contributed by atoms with Crippen LogP contribution in [0.5, 0.6) is 0 Å². The predicted octanol–water partition coefficient (Wildman–Crippen LogP) is 2.88. The quantitative estimate of drug-likeness (QED) is 0.712. The van der Waals surface area contributed by atoms with Gasteiger partial charge in [0.2, 0.25) is 0 Å². The van der Waals surface area contributed by atoms with Crippen molar-refractivity contribution in [1.29, 1.82) is 5.26 Å². The van der Waals surface area contributed by atoms with Crippen LogP contribution in [-0.4, -0.2) is 4.98 Å². The van der Waals surface area contributed by atoms with E-state index in [2.05, 4.69) is 11.1 Å². The van der Waals surface area contributed by atoms with E-state index in [9.17, 15) is 0 Å². The molecule has 0 bridgehead atoms. The van der Waals surface area contributed by atoms with Gasteiger partial charge in [-0.25, -0.2) is 0 Å². The number of rotatable bonds is 2. The minimum atomic E-state index is 0.0127. The summed E-state index contributed by atoms with van der Waals surface area (Å²) in [5.74, 6) is 0.550. The van der Waals surface area contributed by atoms with Gasteiger partial charge in [0, 0.05) is 6.20 Å². The Labute approximate surface area is 84.6 Å². The summed E-state index contributed by atoms with van der Waals surface area (Å²) in [5, 5.41) is 9.15. The average Bonchev–Trinajstić information content (AvgIpc) is 2.74. The van der Waals surface area contributed by atoms with Gasteiger partial charge < -0.3 is 0 Å². The summed E-state index contributed by atoms with van der Waals surface area (Å²) in [6.45, 7) is 0. The fourth-order valence-electron chi connectivity index (χ4n) is 2.26. The molecular formula is C12H14N2. The van der Waals surface area contributed by atoms with E-state index in [0.717, 1.165) is 5.69 Å². The van der Waals surface area contributed by atoms with E-state index in [1.807, 2.05) is 18.2 Å². The molecule has 2 nitrogen and oxygen atoms in total. The molecule has 1 atom stereocenters. The lowest BCUT2D eigenvalue weighted by Gasteiger charge is -2.14. The van der Waals surface area contributed by atoms with Crippen LogP contribution in [0, 0.1) is 17.2 Å². The molecule has 0 saturated heterocycles. The van der Waals surface area contributed by atoms with Crippen molar-refractivity contribution in [1.82, 2.24) is 4.98 Å². The normalized spacial score (nSPS) is 19.1. The average molecular weight is 186 g/mol. The number of pyridine rings is 1. The minimum Gasteiger partial charge on any atom is -0.260 e. The summed E-state index contributed by atoms with van der Waals surface area (Å²) in [6.07, 6.45) is 6.70. The third-order valence-corrected chi connectivity index (χ3v) is 3.02. The lowest BCUT2D eigenvalue weighted by Crippen LogP contribution is -2.08. The van der Waals surface area contributed by atoms with Gasteiger partial charge in [0.05, 0.1) is 17.7 Å².